The van der Waals surface area contributed by atoms with Crippen molar-refractivity contribution < 1.29 is 9.90 Å². The molecule has 1 aromatic carbocycles. The largest absolute Gasteiger partial charge is 0.387 e. The summed E-state index contributed by atoms with van der Waals surface area (Å²) in [5, 5.41) is 12.8. The smallest absolute Gasteiger partial charge is 0.220 e. The van der Waals surface area contributed by atoms with Crippen molar-refractivity contribution in [1.29, 1.82) is 0 Å². The van der Waals surface area contributed by atoms with E-state index in [0.29, 0.717) is 6.42 Å². The van der Waals surface area contributed by atoms with E-state index in [1.165, 1.54) is 5.56 Å². The van der Waals surface area contributed by atoms with E-state index < -0.39 is 6.10 Å². The fourth-order valence-corrected chi connectivity index (χ4v) is 1.73. The molecule has 1 aromatic rings. The third kappa shape index (κ3) is 4.49. The maximum absolute atomic E-state index is 11.4. The molecule has 2 N–H and O–H groups in total. The summed E-state index contributed by atoms with van der Waals surface area (Å²) < 4.78 is 0. The van der Waals surface area contributed by atoms with Crippen molar-refractivity contribution in [2.75, 3.05) is 6.54 Å². The van der Waals surface area contributed by atoms with Crippen LogP contribution in [0.15, 0.2) is 18.2 Å². The Labute approximate surface area is 109 Å². The van der Waals surface area contributed by atoms with Crippen LogP contribution < -0.4 is 5.32 Å². The Bertz CT molecular complexity index is 401. The fraction of sp³-hybridized carbons (Fsp3) is 0.533. The van der Waals surface area contributed by atoms with Crippen molar-refractivity contribution in [3.63, 3.8) is 0 Å². The summed E-state index contributed by atoms with van der Waals surface area (Å²) in [6, 6.07) is 5.87. The van der Waals surface area contributed by atoms with Crippen LogP contribution in [0, 0.1) is 13.8 Å². The number of hydrogen-bond acceptors (Lipinski definition) is 2. The monoisotopic (exact) mass is 249 g/mol. The Morgan fingerprint density at radius 3 is 2.67 bits per heavy atom. The molecule has 1 rings (SSSR count). The fourth-order valence-electron chi connectivity index (χ4n) is 1.73. The topological polar surface area (TPSA) is 49.3 Å². The van der Waals surface area contributed by atoms with Crippen LogP contribution in [-0.4, -0.2) is 17.6 Å². The highest BCUT2D eigenvalue weighted by Gasteiger charge is 2.09. The molecule has 0 saturated carbocycles. The molecule has 3 heteroatoms. The van der Waals surface area contributed by atoms with E-state index in [4.69, 9.17) is 0 Å². The number of unbranched alkanes of at least 4 members (excludes halogenated alkanes) is 1. The van der Waals surface area contributed by atoms with Gasteiger partial charge in [-0.2, -0.15) is 0 Å². The SMILES string of the molecule is CCCCC(=O)NCC(O)c1ccc(C)c(C)c1. The number of nitrogens with one attached hydrogen (secondary N) is 1. The van der Waals surface area contributed by atoms with Crippen molar-refractivity contribution in [2.24, 2.45) is 0 Å². The highest BCUT2D eigenvalue weighted by Crippen LogP contribution is 2.16. The molecule has 3 nitrogen and oxygen atoms in total. The van der Waals surface area contributed by atoms with E-state index in [1.807, 2.05) is 32.0 Å². The van der Waals surface area contributed by atoms with Crippen molar-refractivity contribution in [3.8, 4) is 0 Å². The molecule has 1 amide bonds. The molecule has 0 radical (unpaired) electrons. The molecular weight excluding hydrogens is 226 g/mol. The molecule has 0 aliphatic rings. The molecular formula is C15H23NO2. The Morgan fingerprint density at radius 2 is 2.06 bits per heavy atom. The second-order valence-electron chi connectivity index (χ2n) is 4.77. The van der Waals surface area contributed by atoms with Crippen molar-refractivity contribution in [2.45, 2.75) is 46.1 Å². The van der Waals surface area contributed by atoms with E-state index in [9.17, 15) is 9.90 Å². The third-order valence-corrected chi connectivity index (χ3v) is 3.17. The lowest BCUT2D eigenvalue weighted by Crippen LogP contribution is -2.28. The summed E-state index contributed by atoms with van der Waals surface area (Å²) in [6.07, 6.45) is 1.81. The number of carbonyl (C=O) groups is 1. The minimum atomic E-state index is -0.630. The highest BCUT2D eigenvalue weighted by molar-refractivity contribution is 5.75. The highest BCUT2D eigenvalue weighted by atomic mass is 16.3. The first kappa shape index (κ1) is 14.7. The molecule has 0 aliphatic carbocycles. The van der Waals surface area contributed by atoms with E-state index >= 15 is 0 Å². The number of aryl methyl sites for hydroxylation is 2. The zero-order valence-corrected chi connectivity index (χ0v) is 11.5. The second kappa shape index (κ2) is 7.17. The molecule has 0 aromatic heterocycles. The van der Waals surface area contributed by atoms with Crippen LogP contribution in [0.4, 0.5) is 0 Å². The number of amides is 1. The second-order valence-corrected chi connectivity index (χ2v) is 4.77. The number of aliphatic hydroxyl groups excluding tert-OH is 1. The predicted molar refractivity (Wildman–Crippen MR) is 73.4 cm³/mol. The summed E-state index contributed by atoms with van der Waals surface area (Å²) in [5.74, 6) is 0.0136. The number of carbonyl (C=O) groups excluding carboxylic acids is 1. The van der Waals surface area contributed by atoms with Gasteiger partial charge in [0.05, 0.1) is 6.10 Å². The van der Waals surface area contributed by atoms with Crippen LogP contribution in [0.3, 0.4) is 0 Å². The lowest BCUT2D eigenvalue weighted by molar-refractivity contribution is -0.121. The number of rotatable bonds is 6. The zero-order valence-electron chi connectivity index (χ0n) is 11.5. The Hall–Kier alpha value is -1.35. The maximum Gasteiger partial charge on any atom is 0.220 e. The van der Waals surface area contributed by atoms with Gasteiger partial charge in [-0.05, 0) is 37.0 Å². The molecule has 18 heavy (non-hydrogen) atoms. The molecule has 0 spiro atoms. The summed E-state index contributed by atoms with van der Waals surface area (Å²) in [4.78, 5) is 11.4. The number of hydrogen-bond donors (Lipinski definition) is 2. The van der Waals surface area contributed by atoms with Gasteiger partial charge in [0.2, 0.25) is 5.91 Å². The van der Waals surface area contributed by atoms with Crippen molar-refractivity contribution in [1.82, 2.24) is 5.32 Å². The molecule has 0 aliphatic heterocycles. The van der Waals surface area contributed by atoms with Gasteiger partial charge in [-0.3, -0.25) is 4.79 Å². The zero-order chi connectivity index (χ0) is 13.5. The van der Waals surface area contributed by atoms with Gasteiger partial charge < -0.3 is 10.4 Å². The standard InChI is InChI=1S/C15H23NO2/c1-4-5-6-15(18)16-10-14(17)13-8-7-11(2)12(3)9-13/h7-9,14,17H,4-6,10H2,1-3H3,(H,16,18). The van der Waals surface area contributed by atoms with Gasteiger partial charge in [-0.25, -0.2) is 0 Å². The van der Waals surface area contributed by atoms with E-state index in [-0.39, 0.29) is 12.5 Å². The van der Waals surface area contributed by atoms with Gasteiger partial charge in [0.1, 0.15) is 0 Å². The Morgan fingerprint density at radius 1 is 1.33 bits per heavy atom. The average molecular weight is 249 g/mol. The normalized spacial score (nSPS) is 12.2. The lowest BCUT2D eigenvalue weighted by Gasteiger charge is -2.13. The minimum Gasteiger partial charge on any atom is -0.387 e. The molecule has 0 saturated heterocycles. The third-order valence-electron chi connectivity index (χ3n) is 3.17. The first-order valence-corrected chi connectivity index (χ1v) is 6.56. The van der Waals surface area contributed by atoms with Crippen LogP contribution in [0.1, 0.15) is 49.0 Å². The van der Waals surface area contributed by atoms with Crippen molar-refractivity contribution in [3.05, 3.63) is 34.9 Å². The summed E-state index contributed by atoms with van der Waals surface area (Å²) in [7, 11) is 0. The Kier molecular flexibility index (Phi) is 5.86. The molecule has 0 fully saturated rings. The van der Waals surface area contributed by atoms with E-state index in [2.05, 4.69) is 12.2 Å². The number of benzene rings is 1. The summed E-state index contributed by atoms with van der Waals surface area (Å²) in [5.41, 5.74) is 3.22. The van der Waals surface area contributed by atoms with Crippen molar-refractivity contribution >= 4 is 5.91 Å². The first-order chi connectivity index (χ1) is 8.54. The molecule has 100 valence electrons. The van der Waals surface area contributed by atoms with Gasteiger partial charge in [0, 0.05) is 13.0 Å². The molecule has 1 atom stereocenters. The van der Waals surface area contributed by atoms with Gasteiger partial charge >= 0.3 is 0 Å². The first-order valence-electron chi connectivity index (χ1n) is 6.56. The van der Waals surface area contributed by atoms with Gasteiger partial charge in [0.25, 0.3) is 0 Å². The van der Waals surface area contributed by atoms with Crippen LogP contribution in [-0.2, 0) is 4.79 Å². The summed E-state index contributed by atoms with van der Waals surface area (Å²) in [6.45, 7) is 6.39. The van der Waals surface area contributed by atoms with Crippen LogP contribution in [0.2, 0.25) is 0 Å². The Balaban J connectivity index is 2.47. The van der Waals surface area contributed by atoms with Crippen LogP contribution >= 0.6 is 0 Å². The average Bonchev–Trinajstić information content (AvgIpc) is 2.36. The minimum absolute atomic E-state index is 0.0136. The maximum atomic E-state index is 11.4. The van der Waals surface area contributed by atoms with Gasteiger partial charge in [-0.15, -0.1) is 0 Å². The van der Waals surface area contributed by atoms with E-state index in [0.717, 1.165) is 24.0 Å². The molecule has 0 bridgehead atoms. The molecule has 0 heterocycles. The lowest BCUT2D eigenvalue weighted by atomic mass is 10.0. The number of aliphatic hydroxyl groups is 1. The van der Waals surface area contributed by atoms with Gasteiger partial charge in [-0.1, -0.05) is 31.5 Å². The van der Waals surface area contributed by atoms with Gasteiger partial charge in [0.15, 0.2) is 0 Å². The van der Waals surface area contributed by atoms with Crippen LogP contribution in [0.25, 0.3) is 0 Å². The quantitative estimate of drug-likeness (QED) is 0.814. The predicted octanol–water partition coefficient (Wildman–Crippen LogP) is 2.64. The molecule has 1 unspecified atom stereocenters. The van der Waals surface area contributed by atoms with E-state index in [1.54, 1.807) is 0 Å². The summed E-state index contributed by atoms with van der Waals surface area (Å²) >= 11 is 0. The van der Waals surface area contributed by atoms with Crippen LogP contribution in [0.5, 0.6) is 0 Å².